The summed E-state index contributed by atoms with van der Waals surface area (Å²) in [6.45, 7) is 0.879. The smallest absolute Gasteiger partial charge is 0.335 e. The van der Waals surface area contributed by atoms with Crippen molar-refractivity contribution in [3.05, 3.63) is 28.8 Å². The molecular formula is C18H24ClN3O5. The largest absolute Gasteiger partial charge is 0.490 e. The second-order valence-corrected chi connectivity index (χ2v) is 7.39. The van der Waals surface area contributed by atoms with Gasteiger partial charge in [0, 0.05) is 12.6 Å². The Bertz CT molecular complexity index is 714. The maximum absolute atomic E-state index is 12.7. The monoisotopic (exact) mass is 397 g/mol. The number of rotatable bonds is 6. The number of nitrogens with zero attached hydrogens (tertiary/aromatic N) is 1. The molecule has 148 valence electrons. The summed E-state index contributed by atoms with van der Waals surface area (Å²) >= 11 is 6.06. The minimum atomic E-state index is -1.05. The van der Waals surface area contributed by atoms with Crippen LogP contribution in [-0.2, 0) is 4.79 Å². The Morgan fingerprint density at radius 1 is 1.37 bits per heavy atom. The molecule has 0 saturated carbocycles. The number of hydrogen-bond donors (Lipinski definition) is 4. The lowest BCUT2D eigenvalue weighted by Gasteiger charge is -2.29. The number of nitrogens with one attached hydrogen (secondary N) is 1. The van der Waals surface area contributed by atoms with Gasteiger partial charge in [-0.05, 0) is 43.9 Å². The van der Waals surface area contributed by atoms with Crippen LogP contribution >= 0.6 is 11.6 Å². The van der Waals surface area contributed by atoms with E-state index < -0.39 is 12.2 Å². The van der Waals surface area contributed by atoms with E-state index in [1.807, 2.05) is 0 Å². The summed E-state index contributed by atoms with van der Waals surface area (Å²) in [6.07, 6.45) is 1.93. The SMILES string of the molecule is NC(O)[C@@H]1CCCN1C(=O)[C@@H]1CC[C@H](COc2cc(C(=O)O)ccc2Cl)N1. The van der Waals surface area contributed by atoms with E-state index in [1.54, 1.807) is 4.90 Å². The highest BCUT2D eigenvalue weighted by atomic mass is 35.5. The van der Waals surface area contributed by atoms with E-state index in [-0.39, 0.29) is 36.2 Å². The lowest BCUT2D eigenvalue weighted by atomic mass is 10.1. The van der Waals surface area contributed by atoms with Crippen LogP contribution in [0, 0.1) is 0 Å². The van der Waals surface area contributed by atoms with Crippen molar-refractivity contribution in [2.75, 3.05) is 13.2 Å². The normalized spacial score (nSPS) is 26.2. The fourth-order valence-corrected chi connectivity index (χ4v) is 3.88. The molecule has 0 aromatic heterocycles. The second kappa shape index (κ2) is 8.43. The number of aromatic carboxylic acids is 1. The van der Waals surface area contributed by atoms with Gasteiger partial charge in [0.05, 0.1) is 22.7 Å². The fraction of sp³-hybridized carbons (Fsp3) is 0.556. The van der Waals surface area contributed by atoms with Gasteiger partial charge in [0.15, 0.2) is 0 Å². The molecule has 27 heavy (non-hydrogen) atoms. The first kappa shape index (κ1) is 19.9. The predicted molar refractivity (Wildman–Crippen MR) is 98.8 cm³/mol. The highest BCUT2D eigenvalue weighted by molar-refractivity contribution is 6.32. The topological polar surface area (TPSA) is 125 Å². The summed E-state index contributed by atoms with van der Waals surface area (Å²) in [5, 5.41) is 22.3. The minimum absolute atomic E-state index is 0.0459. The zero-order chi connectivity index (χ0) is 19.6. The van der Waals surface area contributed by atoms with Crippen LogP contribution in [0.4, 0.5) is 0 Å². The molecular weight excluding hydrogens is 374 g/mol. The van der Waals surface area contributed by atoms with Crippen LogP contribution in [0.1, 0.15) is 36.0 Å². The number of hydrogen-bond acceptors (Lipinski definition) is 6. The highest BCUT2D eigenvalue weighted by Crippen LogP contribution is 2.27. The van der Waals surface area contributed by atoms with Crippen molar-refractivity contribution >= 4 is 23.5 Å². The van der Waals surface area contributed by atoms with Gasteiger partial charge in [0.2, 0.25) is 5.91 Å². The number of carbonyl (C=O) groups is 2. The van der Waals surface area contributed by atoms with Crippen molar-refractivity contribution in [2.24, 2.45) is 5.73 Å². The number of carboxylic acid groups (broad SMARTS) is 1. The third kappa shape index (κ3) is 4.52. The number of carbonyl (C=O) groups excluding carboxylic acids is 1. The molecule has 3 rings (SSSR count). The third-order valence-electron chi connectivity index (χ3n) is 5.13. The van der Waals surface area contributed by atoms with E-state index in [0.717, 1.165) is 12.8 Å². The molecule has 1 aromatic rings. The van der Waals surface area contributed by atoms with Crippen LogP contribution in [0.5, 0.6) is 5.75 Å². The van der Waals surface area contributed by atoms with Crippen molar-refractivity contribution in [2.45, 2.75) is 50.0 Å². The van der Waals surface area contributed by atoms with Crippen LogP contribution < -0.4 is 15.8 Å². The van der Waals surface area contributed by atoms with Gasteiger partial charge in [-0.1, -0.05) is 11.6 Å². The molecule has 1 amide bonds. The second-order valence-electron chi connectivity index (χ2n) is 6.99. The maximum atomic E-state index is 12.7. The van der Waals surface area contributed by atoms with E-state index >= 15 is 0 Å². The van der Waals surface area contributed by atoms with Gasteiger partial charge in [-0.25, -0.2) is 4.79 Å². The first-order valence-electron chi connectivity index (χ1n) is 9.02. The Labute approximate surface area is 162 Å². The summed E-state index contributed by atoms with van der Waals surface area (Å²) < 4.78 is 5.68. The Morgan fingerprint density at radius 3 is 2.85 bits per heavy atom. The summed E-state index contributed by atoms with van der Waals surface area (Å²) in [5.74, 6) is -0.794. The fourth-order valence-electron chi connectivity index (χ4n) is 3.70. The van der Waals surface area contributed by atoms with Crippen LogP contribution in [0.2, 0.25) is 5.02 Å². The summed E-state index contributed by atoms with van der Waals surface area (Å²) in [5.41, 5.74) is 5.68. The molecule has 2 saturated heterocycles. The van der Waals surface area contributed by atoms with Crippen molar-refractivity contribution in [3.8, 4) is 5.75 Å². The van der Waals surface area contributed by atoms with Crippen molar-refractivity contribution in [3.63, 3.8) is 0 Å². The van der Waals surface area contributed by atoms with Gasteiger partial charge >= 0.3 is 5.97 Å². The predicted octanol–water partition coefficient (Wildman–Crippen LogP) is 0.806. The number of carboxylic acids is 1. The molecule has 1 unspecified atom stereocenters. The van der Waals surface area contributed by atoms with Gasteiger partial charge in [0.25, 0.3) is 0 Å². The number of likely N-dealkylation sites (tertiary alicyclic amines) is 1. The van der Waals surface area contributed by atoms with Gasteiger partial charge in [-0.15, -0.1) is 0 Å². The van der Waals surface area contributed by atoms with Gasteiger partial charge in [-0.3, -0.25) is 10.1 Å². The van der Waals surface area contributed by atoms with E-state index in [0.29, 0.717) is 30.2 Å². The van der Waals surface area contributed by atoms with Crippen molar-refractivity contribution in [1.82, 2.24) is 10.2 Å². The van der Waals surface area contributed by atoms with E-state index in [1.165, 1.54) is 18.2 Å². The average Bonchev–Trinajstić information content (AvgIpc) is 3.30. The molecule has 9 heteroatoms. The Hall–Kier alpha value is -1.87. The average molecular weight is 398 g/mol. The first-order valence-corrected chi connectivity index (χ1v) is 9.40. The van der Waals surface area contributed by atoms with Crippen LogP contribution in [-0.4, -0.2) is 64.5 Å². The van der Waals surface area contributed by atoms with Gasteiger partial charge in [0.1, 0.15) is 18.6 Å². The molecule has 2 aliphatic heterocycles. The quantitative estimate of drug-likeness (QED) is 0.523. The number of benzene rings is 1. The third-order valence-corrected chi connectivity index (χ3v) is 5.45. The number of nitrogens with two attached hydrogens (primary N) is 1. The molecule has 4 atom stereocenters. The summed E-state index contributed by atoms with van der Waals surface area (Å²) in [7, 11) is 0. The van der Waals surface area contributed by atoms with E-state index in [9.17, 15) is 14.7 Å². The highest BCUT2D eigenvalue weighted by Gasteiger charge is 2.38. The standard InChI is InChI=1S/C18H24ClN3O5/c19-12-5-3-10(18(25)26)8-15(12)27-9-11-4-6-13(21-11)17(24)22-7-1-2-14(22)16(20)23/h3,5,8,11,13-14,16,21,23H,1-2,4,6-7,9,20H2,(H,25,26)/t11-,13+,14+,16?/m1/s1. The van der Waals surface area contributed by atoms with Crippen LogP contribution in [0.25, 0.3) is 0 Å². The molecule has 2 heterocycles. The molecule has 0 bridgehead atoms. The summed E-state index contributed by atoms with van der Waals surface area (Å²) in [4.78, 5) is 25.5. The molecule has 0 aliphatic carbocycles. The molecule has 1 aromatic carbocycles. The molecule has 2 aliphatic rings. The lowest BCUT2D eigenvalue weighted by Crippen LogP contribution is -2.52. The molecule has 5 N–H and O–H groups in total. The Morgan fingerprint density at radius 2 is 2.15 bits per heavy atom. The lowest BCUT2D eigenvalue weighted by molar-refractivity contribution is -0.136. The van der Waals surface area contributed by atoms with Crippen molar-refractivity contribution in [1.29, 1.82) is 0 Å². The first-order chi connectivity index (χ1) is 12.9. The maximum Gasteiger partial charge on any atom is 0.335 e. The molecule has 2 fully saturated rings. The molecule has 0 spiro atoms. The molecule has 0 radical (unpaired) electrons. The number of ether oxygens (including phenoxy) is 1. The van der Waals surface area contributed by atoms with E-state index in [4.69, 9.17) is 27.2 Å². The van der Waals surface area contributed by atoms with Crippen molar-refractivity contribution < 1.29 is 24.5 Å². The summed E-state index contributed by atoms with van der Waals surface area (Å²) in [6, 6.07) is 3.58. The van der Waals surface area contributed by atoms with Gasteiger partial charge < -0.3 is 25.6 Å². The number of aliphatic hydroxyl groups excluding tert-OH is 1. The Balaban J connectivity index is 1.55. The zero-order valence-corrected chi connectivity index (χ0v) is 15.6. The minimum Gasteiger partial charge on any atom is -0.490 e. The van der Waals surface area contributed by atoms with Crippen LogP contribution in [0.3, 0.4) is 0 Å². The zero-order valence-electron chi connectivity index (χ0n) is 14.8. The number of amides is 1. The molecule has 8 nitrogen and oxygen atoms in total. The van der Waals surface area contributed by atoms with Crippen LogP contribution in [0.15, 0.2) is 18.2 Å². The number of halogens is 1. The van der Waals surface area contributed by atoms with E-state index in [2.05, 4.69) is 5.32 Å². The number of aliphatic hydroxyl groups is 1. The van der Waals surface area contributed by atoms with Gasteiger partial charge in [-0.2, -0.15) is 0 Å². The Kier molecular flexibility index (Phi) is 6.21.